The molecule has 2 heterocycles. The van der Waals surface area contributed by atoms with Gasteiger partial charge in [0.05, 0.1) is 78.8 Å². The number of benzene rings is 7. The zero-order valence-electron chi connectivity index (χ0n) is 44.9. The molecule has 0 saturated carbocycles. The van der Waals surface area contributed by atoms with Crippen molar-refractivity contribution in [3.63, 3.8) is 0 Å². The summed E-state index contributed by atoms with van der Waals surface area (Å²) in [5.74, 6) is -0.201. The molecule has 2 aliphatic rings. The Morgan fingerprint density at radius 1 is 0.474 bits per heavy atom. The van der Waals surface area contributed by atoms with Gasteiger partial charge in [-0.15, -0.1) is 0 Å². The van der Waals surface area contributed by atoms with Gasteiger partial charge in [-0.25, -0.2) is 0 Å². The number of aliphatic hydroxyl groups excluding tert-OH is 1. The van der Waals surface area contributed by atoms with Gasteiger partial charge in [0.15, 0.2) is 5.79 Å². The third-order valence-electron chi connectivity index (χ3n) is 14.1. The molecule has 0 unspecified atom stereocenters. The van der Waals surface area contributed by atoms with E-state index in [-0.39, 0.29) is 59.3 Å². The largest absolute Gasteiger partial charge is 0.497 e. The first-order valence-electron chi connectivity index (χ1n) is 27.1. The van der Waals surface area contributed by atoms with Crippen molar-refractivity contribution in [2.24, 2.45) is 0 Å². The molecule has 7 aromatic rings. The third kappa shape index (κ3) is 16.7. The molecule has 0 amide bonds. The number of rotatable bonds is 29. The van der Waals surface area contributed by atoms with Crippen molar-refractivity contribution in [3.05, 3.63) is 245 Å². The van der Waals surface area contributed by atoms with Crippen molar-refractivity contribution in [1.29, 1.82) is 0 Å². The standard InChI is InChI=1S/C66H74O12/c1-66(2)76-47-59(78-66)63(73-43-51-28-16-7-17-29-51)64(74-44-52-30-18-8-19-31-52)60(67)56(70-40-54-34-36-55(68-3)37-35-54)38-57-61(71-41-49-24-12-5-13-25-49)65(75-45-53-32-20-9-21-33-53)62(72-42-50-26-14-6-15-27-50)58(77-57)46-69-39-48-22-10-4-11-23-48/h4-37,56-65,67H,38-47H2,1-3H3/t56-,57-,58-,59+,60-,61+,62-,63-,64-,65-/m1/s1. The molecule has 0 aliphatic carbocycles. The molecular formula is C66H74O12. The van der Waals surface area contributed by atoms with E-state index in [0.717, 1.165) is 38.9 Å². The van der Waals surface area contributed by atoms with E-state index in [1.807, 2.05) is 220 Å². The highest BCUT2D eigenvalue weighted by Gasteiger charge is 2.51. The highest BCUT2D eigenvalue weighted by Crippen LogP contribution is 2.36. The molecule has 0 radical (unpaired) electrons. The van der Waals surface area contributed by atoms with E-state index in [4.69, 9.17) is 52.1 Å². The van der Waals surface area contributed by atoms with Gasteiger partial charge in [-0.1, -0.05) is 194 Å². The summed E-state index contributed by atoms with van der Waals surface area (Å²) in [4.78, 5) is 0. The summed E-state index contributed by atoms with van der Waals surface area (Å²) in [6.45, 7) is 5.77. The molecule has 12 heteroatoms. The SMILES string of the molecule is COc1ccc(CO[C@H](C[C@H]2O[C@H](COCc3ccccc3)[C@@H](OCc3ccccc3)[C@H](OCc3ccccc3)[C@H]2OCc2ccccc2)[C@@H](O)[C@@H](OCc2ccccc2)[C@H](OCc2ccccc2)[C@@H]2COC(C)(C)O2)cc1. The van der Waals surface area contributed by atoms with Crippen molar-refractivity contribution in [3.8, 4) is 5.75 Å². The molecule has 10 atom stereocenters. The van der Waals surface area contributed by atoms with Crippen LogP contribution in [0.2, 0.25) is 0 Å². The van der Waals surface area contributed by atoms with Crippen LogP contribution in [-0.4, -0.2) is 92.3 Å². The quantitative estimate of drug-likeness (QED) is 0.0480. The number of hydrogen-bond donors (Lipinski definition) is 1. The van der Waals surface area contributed by atoms with Crippen molar-refractivity contribution in [1.82, 2.24) is 0 Å². The Kier molecular flexibility index (Phi) is 21.2. The number of ether oxygens (including phenoxy) is 11. The smallest absolute Gasteiger partial charge is 0.163 e. The fourth-order valence-corrected chi connectivity index (χ4v) is 9.96. The zero-order valence-corrected chi connectivity index (χ0v) is 44.9. The minimum absolute atomic E-state index is 0.118. The maximum atomic E-state index is 13.5. The lowest BCUT2D eigenvalue weighted by molar-refractivity contribution is -0.280. The lowest BCUT2D eigenvalue weighted by Crippen LogP contribution is -2.62. The first-order chi connectivity index (χ1) is 38.3. The molecule has 1 N–H and O–H groups in total. The predicted octanol–water partition coefficient (Wildman–Crippen LogP) is 11.4. The average Bonchev–Trinajstić information content (AvgIpc) is 3.96. The van der Waals surface area contributed by atoms with Crippen LogP contribution in [-0.2, 0) is 93.6 Å². The topological polar surface area (TPSA) is 122 Å². The maximum Gasteiger partial charge on any atom is 0.163 e. The lowest BCUT2D eigenvalue weighted by Gasteiger charge is -2.47. The van der Waals surface area contributed by atoms with Crippen molar-refractivity contribution >= 4 is 0 Å². The van der Waals surface area contributed by atoms with Gasteiger partial charge in [0, 0.05) is 6.42 Å². The Balaban J connectivity index is 1.12. The van der Waals surface area contributed by atoms with E-state index < -0.39 is 66.8 Å². The molecule has 0 aromatic heterocycles. The summed E-state index contributed by atoms with van der Waals surface area (Å²) in [6, 6.07) is 67.8. The van der Waals surface area contributed by atoms with Gasteiger partial charge in [0.25, 0.3) is 0 Å². The minimum atomic E-state index is -1.35. The van der Waals surface area contributed by atoms with Crippen LogP contribution in [0.1, 0.15) is 59.2 Å². The van der Waals surface area contributed by atoms with E-state index in [2.05, 4.69) is 0 Å². The molecule has 2 fully saturated rings. The van der Waals surface area contributed by atoms with Gasteiger partial charge in [-0.3, -0.25) is 0 Å². The van der Waals surface area contributed by atoms with Gasteiger partial charge in [-0.05, 0) is 64.9 Å². The Bertz CT molecular complexity index is 2740. The Morgan fingerprint density at radius 3 is 1.35 bits per heavy atom. The molecule has 0 spiro atoms. The molecular weight excluding hydrogens is 985 g/mol. The molecule has 9 rings (SSSR count). The monoisotopic (exact) mass is 1060 g/mol. The van der Waals surface area contributed by atoms with E-state index in [0.29, 0.717) is 12.4 Å². The Morgan fingerprint density at radius 2 is 0.885 bits per heavy atom. The van der Waals surface area contributed by atoms with Gasteiger partial charge in [0.1, 0.15) is 54.6 Å². The summed E-state index contributed by atoms with van der Waals surface area (Å²) in [5, 5.41) is 13.5. The predicted molar refractivity (Wildman–Crippen MR) is 297 cm³/mol. The second kappa shape index (κ2) is 29.2. The summed E-state index contributed by atoms with van der Waals surface area (Å²) < 4.78 is 74.5. The van der Waals surface area contributed by atoms with Crippen molar-refractivity contribution < 1.29 is 57.2 Å². The zero-order chi connectivity index (χ0) is 53.8. The van der Waals surface area contributed by atoms with Crippen LogP contribution >= 0.6 is 0 Å². The fraction of sp³-hybridized carbons (Fsp3) is 0.364. The van der Waals surface area contributed by atoms with Crippen LogP contribution in [0.15, 0.2) is 206 Å². The second-order valence-electron chi connectivity index (χ2n) is 20.3. The molecule has 12 nitrogen and oxygen atoms in total. The molecule has 7 aromatic carbocycles. The summed E-state index contributed by atoms with van der Waals surface area (Å²) in [6.07, 6.45) is -8.28. The maximum absolute atomic E-state index is 13.5. The average molecular weight is 1060 g/mol. The third-order valence-corrected chi connectivity index (χ3v) is 14.1. The summed E-state index contributed by atoms with van der Waals surface area (Å²) in [7, 11) is 1.64. The summed E-state index contributed by atoms with van der Waals surface area (Å²) in [5.41, 5.74) is 6.70. The van der Waals surface area contributed by atoms with E-state index in [9.17, 15) is 5.11 Å². The van der Waals surface area contributed by atoms with Crippen LogP contribution in [0.3, 0.4) is 0 Å². The number of hydrogen-bond acceptors (Lipinski definition) is 12. The first-order valence-corrected chi connectivity index (χ1v) is 27.1. The fourth-order valence-electron chi connectivity index (χ4n) is 9.96. The molecule has 78 heavy (non-hydrogen) atoms. The molecule has 410 valence electrons. The molecule has 2 saturated heterocycles. The van der Waals surface area contributed by atoms with Gasteiger partial charge >= 0.3 is 0 Å². The van der Waals surface area contributed by atoms with Crippen LogP contribution in [0.25, 0.3) is 0 Å². The van der Waals surface area contributed by atoms with Crippen LogP contribution in [0.4, 0.5) is 0 Å². The van der Waals surface area contributed by atoms with Gasteiger partial charge in [-0.2, -0.15) is 0 Å². The highest BCUT2D eigenvalue weighted by atomic mass is 16.8. The molecule has 2 aliphatic heterocycles. The van der Waals surface area contributed by atoms with Gasteiger partial charge in [0.2, 0.25) is 0 Å². The minimum Gasteiger partial charge on any atom is -0.497 e. The van der Waals surface area contributed by atoms with Crippen molar-refractivity contribution in [2.45, 2.75) is 133 Å². The second-order valence-corrected chi connectivity index (χ2v) is 20.3. The van der Waals surface area contributed by atoms with E-state index in [1.165, 1.54) is 0 Å². The van der Waals surface area contributed by atoms with Crippen LogP contribution < -0.4 is 4.74 Å². The number of methoxy groups -OCH3 is 1. The van der Waals surface area contributed by atoms with Crippen molar-refractivity contribution in [2.75, 3.05) is 20.3 Å². The Labute approximate surface area is 460 Å². The van der Waals surface area contributed by atoms with Crippen LogP contribution in [0, 0.1) is 0 Å². The normalized spacial score (nSPS) is 21.6. The number of aliphatic hydroxyl groups is 1. The lowest BCUT2D eigenvalue weighted by atomic mass is 9.88. The van der Waals surface area contributed by atoms with Gasteiger partial charge < -0.3 is 57.2 Å². The highest BCUT2D eigenvalue weighted by molar-refractivity contribution is 5.27. The van der Waals surface area contributed by atoms with E-state index >= 15 is 0 Å². The molecule has 0 bridgehead atoms. The summed E-state index contributed by atoms with van der Waals surface area (Å²) >= 11 is 0. The first kappa shape index (κ1) is 56.6. The van der Waals surface area contributed by atoms with E-state index in [1.54, 1.807) is 7.11 Å². The van der Waals surface area contributed by atoms with Crippen LogP contribution in [0.5, 0.6) is 5.75 Å². The Hall–Kier alpha value is -6.10.